The number of nitrogens with one attached hydrogen (secondary N) is 1. The molecule has 0 bridgehead atoms. The topological polar surface area (TPSA) is 62.1 Å². The van der Waals surface area contributed by atoms with Crippen molar-refractivity contribution in [3.8, 4) is 11.8 Å². The molecule has 0 fully saturated rings. The molecule has 1 rings (SSSR count). The third kappa shape index (κ3) is 4.10. The third-order valence-corrected chi connectivity index (χ3v) is 2.60. The lowest BCUT2D eigenvalue weighted by Gasteiger charge is -2.09. The molecule has 0 saturated heterocycles. The number of rotatable bonds is 6. The lowest BCUT2D eigenvalue weighted by atomic mass is 10.1. The highest BCUT2D eigenvalue weighted by Gasteiger charge is 2.11. The number of nitriles is 1. The molecule has 4 heteroatoms. The van der Waals surface area contributed by atoms with E-state index in [4.69, 9.17) is 10.00 Å². The summed E-state index contributed by atoms with van der Waals surface area (Å²) in [4.78, 5) is 12.0. The Hall–Kier alpha value is -2.02. The predicted molar refractivity (Wildman–Crippen MR) is 69.5 cm³/mol. The van der Waals surface area contributed by atoms with Crippen molar-refractivity contribution >= 4 is 5.91 Å². The Labute approximate surface area is 108 Å². The summed E-state index contributed by atoms with van der Waals surface area (Å²) in [5.41, 5.74) is 1.57. The summed E-state index contributed by atoms with van der Waals surface area (Å²) in [5, 5.41) is 11.2. The second kappa shape index (κ2) is 7.33. The van der Waals surface area contributed by atoms with Crippen LogP contribution in [0.4, 0.5) is 0 Å². The molecule has 0 heterocycles. The minimum absolute atomic E-state index is 0.132. The number of nitrogens with zero attached hydrogens (tertiary/aromatic N) is 1. The van der Waals surface area contributed by atoms with E-state index in [1.807, 2.05) is 19.1 Å². The van der Waals surface area contributed by atoms with Crippen LogP contribution in [0.3, 0.4) is 0 Å². The van der Waals surface area contributed by atoms with Gasteiger partial charge in [-0.25, -0.2) is 0 Å². The second-order valence-electron chi connectivity index (χ2n) is 4.07. The Balaban J connectivity index is 2.56. The molecule has 0 aromatic heterocycles. The first-order valence-corrected chi connectivity index (χ1v) is 5.99. The molecule has 0 atom stereocenters. The van der Waals surface area contributed by atoms with E-state index in [1.54, 1.807) is 13.2 Å². The maximum Gasteiger partial charge on any atom is 0.255 e. The fraction of sp³-hybridized carbons (Fsp3) is 0.429. The lowest BCUT2D eigenvalue weighted by molar-refractivity contribution is 0.0950. The van der Waals surface area contributed by atoms with Gasteiger partial charge in [0, 0.05) is 13.0 Å². The number of ether oxygens (including phenoxy) is 1. The number of amides is 1. The van der Waals surface area contributed by atoms with E-state index in [9.17, 15) is 4.79 Å². The molecule has 96 valence electrons. The normalized spacial score (nSPS) is 9.61. The summed E-state index contributed by atoms with van der Waals surface area (Å²) < 4.78 is 5.16. The Morgan fingerprint density at radius 3 is 2.89 bits per heavy atom. The van der Waals surface area contributed by atoms with E-state index in [0.717, 1.165) is 18.4 Å². The number of methoxy groups -OCH3 is 1. The van der Waals surface area contributed by atoms with Gasteiger partial charge in [0.25, 0.3) is 5.91 Å². The van der Waals surface area contributed by atoms with Crippen LogP contribution >= 0.6 is 0 Å². The van der Waals surface area contributed by atoms with Gasteiger partial charge in [-0.05, 0) is 31.9 Å². The number of benzene rings is 1. The van der Waals surface area contributed by atoms with Gasteiger partial charge in [0.05, 0.1) is 18.7 Å². The van der Waals surface area contributed by atoms with Crippen molar-refractivity contribution in [1.29, 1.82) is 5.26 Å². The minimum Gasteiger partial charge on any atom is -0.496 e. The van der Waals surface area contributed by atoms with Gasteiger partial charge < -0.3 is 10.1 Å². The molecule has 1 aromatic rings. The smallest absolute Gasteiger partial charge is 0.255 e. The minimum atomic E-state index is -0.132. The molecule has 0 radical (unpaired) electrons. The molecule has 4 nitrogen and oxygen atoms in total. The van der Waals surface area contributed by atoms with Gasteiger partial charge >= 0.3 is 0 Å². The van der Waals surface area contributed by atoms with Crippen LogP contribution in [0, 0.1) is 18.3 Å². The van der Waals surface area contributed by atoms with Gasteiger partial charge in [0.1, 0.15) is 5.75 Å². The van der Waals surface area contributed by atoms with Crippen LogP contribution < -0.4 is 10.1 Å². The van der Waals surface area contributed by atoms with Crippen molar-refractivity contribution < 1.29 is 9.53 Å². The Bertz CT molecular complexity index is 450. The van der Waals surface area contributed by atoms with Crippen LogP contribution in [0.25, 0.3) is 0 Å². The van der Waals surface area contributed by atoms with Crippen molar-refractivity contribution in [3.63, 3.8) is 0 Å². The van der Waals surface area contributed by atoms with Gasteiger partial charge in [-0.2, -0.15) is 5.26 Å². The number of unbranched alkanes of at least 4 members (excludes halogenated alkanes) is 2. The second-order valence-corrected chi connectivity index (χ2v) is 4.07. The number of aryl methyl sites for hydroxylation is 1. The van der Waals surface area contributed by atoms with E-state index in [0.29, 0.717) is 24.3 Å². The summed E-state index contributed by atoms with van der Waals surface area (Å²) in [7, 11) is 1.55. The van der Waals surface area contributed by atoms with Gasteiger partial charge in [0.15, 0.2) is 0 Å². The number of carbonyl (C=O) groups excluding carboxylic acids is 1. The van der Waals surface area contributed by atoms with Gasteiger partial charge in [-0.15, -0.1) is 0 Å². The zero-order valence-corrected chi connectivity index (χ0v) is 10.8. The van der Waals surface area contributed by atoms with Crippen molar-refractivity contribution in [1.82, 2.24) is 5.32 Å². The predicted octanol–water partition coefficient (Wildman–Crippen LogP) is 2.43. The van der Waals surface area contributed by atoms with E-state index in [2.05, 4.69) is 11.4 Å². The number of hydrogen-bond acceptors (Lipinski definition) is 3. The van der Waals surface area contributed by atoms with Crippen molar-refractivity contribution in [2.45, 2.75) is 26.2 Å². The average Bonchev–Trinajstić information content (AvgIpc) is 2.38. The Morgan fingerprint density at radius 1 is 1.44 bits per heavy atom. The van der Waals surface area contributed by atoms with E-state index in [1.165, 1.54) is 0 Å². The highest BCUT2D eigenvalue weighted by Crippen LogP contribution is 2.19. The molecule has 0 aliphatic carbocycles. The van der Waals surface area contributed by atoms with E-state index < -0.39 is 0 Å². The third-order valence-electron chi connectivity index (χ3n) is 2.60. The maximum atomic E-state index is 12.0. The van der Waals surface area contributed by atoms with Crippen molar-refractivity contribution in [2.75, 3.05) is 13.7 Å². The summed E-state index contributed by atoms with van der Waals surface area (Å²) in [6.45, 7) is 2.51. The van der Waals surface area contributed by atoms with E-state index >= 15 is 0 Å². The first kappa shape index (κ1) is 14.0. The monoisotopic (exact) mass is 246 g/mol. The van der Waals surface area contributed by atoms with Crippen LogP contribution in [0.15, 0.2) is 18.2 Å². The van der Waals surface area contributed by atoms with Crippen LogP contribution in [0.1, 0.15) is 35.2 Å². The SMILES string of the molecule is COc1ccc(C)cc1C(=O)NCCCCC#N. The molecular formula is C14H18N2O2. The molecule has 0 spiro atoms. The van der Waals surface area contributed by atoms with Gasteiger partial charge in [-0.3, -0.25) is 4.79 Å². The fourth-order valence-electron chi connectivity index (χ4n) is 1.63. The molecule has 1 amide bonds. The molecule has 0 aliphatic rings. The van der Waals surface area contributed by atoms with Crippen LogP contribution in [-0.4, -0.2) is 19.6 Å². The summed E-state index contributed by atoms with van der Waals surface area (Å²) >= 11 is 0. The van der Waals surface area contributed by atoms with Crippen LogP contribution in [0.2, 0.25) is 0 Å². The quantitative estimate of drug-likeness (QED) is 0.784. The highest BCUT2D eigenvalue weighted by molar-refractivity contribution is 5.97. The van der Waals surface area contributed by atoms with Gasteiger partial charge in [0.2, 0.25) is 0 Å². The average molecular weight is 246 g/mol. The number of carbonyl (C=O) groups is 1. The van der Waals surface area contributed by atoms with Gasteiger partial charge in [-0.1, -0.05) is 11.6 Å². The Kier molecular flexibility index (Phi) is 5.72. The zero-order chi connectivity index (χ0) is 13.4. The molecule has 0 saturated carbocycles. The van der Waals surface area contributed by atoms with Crippen LogP contribution in [0.5, 0.6) is 5.75 Å². The van der Waals surface area contributed by atoms with Crippen LogP contribution in [-0.2, 0) is 0 Å². The summed E-state index contributed by atoms with van der Waals surface area (Å²) in [5.74, 6) is 0.447. The maximum absolute atomic E-state index is 12.0. The fourth-order valence-corrected chi connectivity index (χ4v) is 1.63. The summed E-state index contributed by atoms with van der Waals surface area (Å²) in [6, 6.07) is 7.59. The van der Waals surface area contributed by atoms with Crippen molar-refractivity contribution in [3.05, 3.63) is 29.3 Å². The lowest BCUT2D eigenvalue weighted by Crippen LogP contribution is -2.25. The molecule has 18 heavy (non-hydrogen) atoms. The molecule has 0 unspecified atom stereocenters. The standard InChI is InChI=1S/C14H18N2O2/c1-11-6-7-13(18-2)12(10-11)14(17)16-9-5-3-4-8-15/h6-7,10H,3-5,9H2,1-2H3,(H,16,17). The van der Waals surface area contributed by atoms with E-state index in [-0.39, 0.29) is 5.91 Å². The molecule has 1 N–H and O–H groups in total. The molecule has 1 aromatic carbocycles. The molecule has 0 aliphatic heterocycles. The Morgan fingerprint density at radius 2 is 2.22 bits per heavy atom. The highest BCUT2D eigenvalue weighted by atomic mass is 16.5. The largest absolute Gasteiger partial charge is 0.496 e. The zero-order valence-electron chi connectivity index (χ0n) is 10.8. The molecular weight excluding hydrogens is 228 g/mol. The first-order chi connectivity index (χ1) is 8.69. The first-order valence-electron chi connectivity index (χ1n) is 5.99. The number of hydrogen-bond donors (Lipinski definition) is 1. The summed E-state index contributed by atoms with van der Waals surface area (Å²) in [6.07, 6.45) is 2.15. The van der Waals surface area contributed by atoms with Crippen molar-refractivity contribution in [2.24, 2.45) is 0 Å².